The van der Waals surface area contributed by atoms with E-state index < -0.39 is 0 Å². The molecule has 1 fully saturated rings. The number of hydrogen-bond acceptors (Lipinski definition) is 3. The lowest BCUT2D eigenvalue weighted by Crippen LogP contribution is -2.21. The first-order valence-corrected chi connectivity index (χ1v) is 6.90. The van der Waals surface area contributed by atoms with Crippen molar-refractivity contribution in [1.29, 1.82) is 0 Å². The molecule has 0 atom stereocenters. The van der Waals surface area contributed by atoms with Crippen LogP contribution in [0.5, 0.6) is 5.75 Å². The molecular formula is C13H17NO2S. The van der Waals surface area contributed by atoms with E-state index in [1.165, 1.54) is 0 Å². The van der Waals surface area contributed by atoms with Gasteiger partial charge in [0.25, 0.3) is 5.91 Å². The van der Waals surface area contributed by atoms with Gasteiger partial charge in [-0.1, -0.05) is 0 Å². The van der Waals surface area contributed by atoms with Crippen LogP contribution in [0.2, 0.25) is 0 Å². The van der Waals surface area contributed by atoms with Crippen LogP contribution in [-0.2, 0) is 0 Å². The van der Waals surface area contributed by atoms with Crippen LogP contribution in [0.15, 0.2) is 23.1 Å². The molecule has 0 aliphatic heterocycles. The van der Waals surface area contributed by atoms with Gasteiger partial charge in [0.2, 0.25) is 0 Å². The molecule has 92 valence electrons. The van der Waals surface area contributed by atoms with Gasteiger partial charge in [-0.15, -0.1) is 11.8 Å². The average Bonchev–Trinajstić information content (AvgIpc) is 3.11. The normalized spacial score (nSPS) is 14.5. The Morgan fingerprint density at radius 1 is 1.41 bits per heavy atom. The van der Waals surface area contributed by atoms with Crippen LogP contribution in [0.3, 0.4) is 0 Å². The summed E-state index contributed by atoms with van der Waals surface area (Å²) < 4.78 is 5.83. The molecule has 1 aliphatic rings. The van der Waals surface area contributed by atoms with Crippen LogP contribution >= 0.6 is 11.8 Å². The molecule has 2 rings (SSSR count). The van der Waals surface area contributed by atoms with Gasteiger partial charge in [0.1, 0.15) is 5.75 Å². The highest BCUT2D eigenvalue weighted by Crippen LogP contribution is 2.34. The monoisotopic (exact) mass is 251 g/mol. The van der Waals surface area contributed by atoms with Gasteiger partial charge in [0.05, 0.1) is 6.10 Å². The standard InChI is InChI=1S/C13H17NO2S/c1-14(2)13(15)9-4-7-12(17-3)11(8-9)16-10-5-6-10/h4,7-8,10H,5-6H2,1-3H3. The molecule has 1 saturated carbocycles. The fourth-order valence-electron chi connectivity index (χ4n) is 1.53. The minimum Gasteiger partial charge on any atom is -0.489 e. The van der Waals surface area contributed by atoms with E-state index in [0.29, 0.717) is 11.7 Å². The van der Waals surface area contributed by atoms with Crippen LogP contribution in [0.4, 0.5) is 0 Å². The summed E-state index contributed by atoms with van der Waals surface area (Å²) in [5, 5.41) is 0. The summed E-state index contributed by atoms with van der Waals surface area (Å²) in [5.74, 6) is 0.853. The zero-order chi connectivity index (χ0) is 12.4. The van der Waals surface area contributed by atoms with Crippen LogP contribution in [-0.4, -0.2) is 37.3 Å². The second-order valence-electron chi connectivity index (χ2n) is 4.38. The van der Waals surface area contributed by atoms with Crippen molar-refractivity contribution >= 4 is 17.7 Å². The van der Waals surface area contributed by atoms with Crippen molar-refractivity contribution in [3.63, 3.8) is 0 Å². The Labute approximate surface area is 106 Å². The highest BCUT2D eigenvalue weighted by Gasteiger charge is 2.25. The first-order chi connectivity index (χ1) is 8.11. The van der Waals surface area contributed by atoms with Crippen molar-refractivity contribution in [2.75, 3.05) is 20.4 Å². The lowest BCUT2D eigenvalue weighted by molar-refractivity contribution is 0.0827. The number of carbonyl (C=O) groups excluding carboxylic acids is 1. The maximum absolute atomic E-state index is 11.9. The first-order valence-electron chi connectivity index (χ1n) is 5.68. The molecule has 0 saturated heterocycles. The Morgan fingerprint density at radius 3 is 2.65 bits per heavy atom. The summed E-state index contributed by atoms with van der Waals surface area (Å²) in [6.07, 6.45) is 4.62. The highest BCUT2D eigenvalue weighted by atomic mass is 32.2. The van der Waals surface area contributed by atoms with Crippen LogP contribution in [0, 0.1) is 0 Å². The van der Waals surface area contributed by atoms with Crippen LogP contribution < -0.4 is 4.74 Å². The van der Waals surface area contributed by atoms with E-state index in [-0.39, 0.29) is 5.91 Å². The van der Waals surface area contributed by atoms with Gasteiger partial charge in [0, 0.05) is 24.6 Å². The molecule has 0 aromatic heterocycles. The van der Waals surface area contributed by atoms with E-state index >= 15 is 0 Å². The topological polar surface area (TPSA) is 29.5 Å². The predicted octanol–water partition coefficient (Wildman–Crippen LogP) is 2.65. The summed E-state index contributed by atoms with van der Waals surface area (Å²) in [6, 6.07) is 5.67. The van der Waals surface area contributed by atoms with Gasteiger partial charge in [-0.2, -0.15) is 0 Å². The Balaban J connectivity index is 2.26. The Morgan fingerprint density at radius 2 is 2.12 bits per heavy atom. The maximum atomic E-state index is 11.9. The molecule has 0 spiro atoms. The first kappa shape index (κ1) is 12.3. The van der Waals surface area contributed by atoms with E-state index in [0.717, 1.165) is 23.5 Å². The Bertz CT molecular complexity index is 427. The second kappa shape index (κ2) is 5.00. The highest BCUT2D eigenvalue weighted by molar-refractivity contribution is 7.98. The molecule has 17 heavy (non-hydrogen) atoms. The van der Waals surface area contributed by atoms with Gasteiger partial charge in [-0.25, -0.2) is 0 Å². The molecule has 1 aliphatic carbocycles. The summed E-state index contributed by atoms with van der Waals surface area (Å²) in [4.78, 5) is 14.5. The van der Waals surface area contributed by atoms with Crippen molar-refractivity contribution in [3.8, 4) is 5.75 Å². The van der Waals surface area contributed by atoms with E-state index in [2.05, 4.69) is 0 Å². The van der Waals surface area contributed by atoms with Crippen LogP contribution in [0.25, 0.3) is 0 Å². The molecule has 1 amide bonds. The van der Waals surface area contributed by atoms with Gasteiger partial charge in [-0.3, -0.25) is 4.79 Å². The van der Waals surface area contributed by atoms with Gasteiger partial charge < -0.3 is 9.64 Å². The van der Waals surface area contributed by atoms with Gasteiger partial charge in [-0.05, 0) is 37.3 Å². The number of benzene rings is 1. The van der Waals surface area contributed by atoms with Crippen molar-refractivity contribution in [2.24, 2.45) is 0 Å². The molecule has 0 heterocycles. The third kappa shape index (κ3) is 2.94. The predicted molar refractivity (Wildman–Crippen MR) is 69.9 cm³/mol. The number of hydrogen-bond donors (Lipinski definition) is 0. The number of ether oxygens (including phenoxy) is 1. The number of nitrogens with zero attached hydrogens (tertiary/aromatic N) is 1. The molecule has 1 aromatic carbocycles. The molecule has 0 unspecified atom stereocenters. The van der Waals surface area contributed by atoms with Crippen molar-refractivity contribution in [2.45, 2.75) is 23.8 Å². The zero-order valence-electron chi connectivity index (χ0n) is 10.4. The number of rotatable bonds is 4. The number of amides is 1. The van der Waals surface area contributed by atoms with E-state index in [4.69, 9.17) is 4.74 Å². The Kier molecular flexibility index (Phi) is 3.62. The van der Waals surface area contributed by atoms with Gasteiger partial charge in [0.15, 0.2) is 0 Å². The fourth-order valence-corrected chi connectivity index (χ4v) is 2.04. The minimum atomic E-state index is 0.0123. The maximum Gasteiger partial charge on any atom is 0.253 e. The van der Waals surface area contributed by atoms with Crippen molar-refractivity contribution < 1.29 is 9.53 Å². The van der Waals surface area contributed by atoms with E-state index in [1.54, 1.807) is 30.8 Å². The zero-order valence-corrected chi connectivity index (χ0v) is 11.2. The molecule has 0 N–H and O–H groups in total. The lowest BCUT2D eigenvalue weighted by atomic mass is 10.2. The summed E-state index contributed by atoms with van der Waals surface area (Å²) in [7, 11) is 3.51. The minimum absolute atomic E-state index is 0.0123. The third-order valence-electron chi connectivity index (χ3n) is 2.63. The smallest absolute Gasteiger partial charge is 0.253 e. The largest absolute Gasteiger partial charge is 0.489 e. The third-order valence-corrected chi connectivity index (χ3v) is 3.41. The lowest BCUT2D eigenvalue weighted by Gasteiger charge is -2.14. The Hall–Kier alpha value is -1.16. The van der Waals surface area contributed by atoms with Gasteiger partial charge >= 0.3 is 0 Å². The van der Waals surface area contributed by atoms with E-state index in [9.17, 15) is 4.79 Å². The quantitative estimate of drug-likeness (QED) is 0.770. The fraction of sp³-hybridized carbons (Fsp3) is 0.462. The molecule has 3 nitrogen and oxygen atoms in total. The summed E-state index contributed by atoms with van der Waals surface area (Å²) >= 11 is 1.64. The van der Waals surface area contributed by atoms with Crippen molar-refractivity contribution in [3.05, 3.63) is 23.8 Å². The summed E-state index contributed by atoms with van der Waals surface area (Å²) in [6.45, 7) is 0. The molecule has 1 aromatic rings. The number of thioether (sulfide) groups is 1. The molecule has 0 bridgehead atoms. The summed E-state index contributed by atoms with van der Waals surface area (Å²) in [5.41, 5.74) is 0.684. The SMILES string of the molecule is CSc1ccc(C(=O)N(C)C)cc1OC1CC1. The van der Waals surface area contributed by atoms with Crippen molar-refractivity contribution in [1.82, 2.24) is 4.90 Å². The molecular weight excluding hydrogens is 234 g/mol. The van der Waals surface area contributed by atoms with E-state index in [1.807, 2.05) is 24.5 Å². The average molecular weight is 251 g/mol. The second-order valence-corrected chi connectivity index (χ2v) is 5.23. The number of carbonyl (C=O) groups is 1. The molecule has 4 heteroatoms. The molecule has 0 radical (unpaired) electrons. The van der Waals surface area contributed by atoms with Crippen LogP contribution in [0.1, 0.15) is 23.2 Å².